The molecule has 174 valence electrons. The predicted octanol–water partition coefficient (Wildman–Crippen LogP) is 4.14. The van der Waals surface area contributed by atoms with E-state index in [2.05, 4.69) is 0 Å². The number of nitrogens with one attached hydrogen (secondary N) is 1. The number of ether oxygens (including phenoxy) is 4. The number of alkyl halides is 3. The number of amides is 1. The number of rotatable bonds is 9. The molecule has 0 fully saturated rings. The van der Waals surface area contributed by atoms with Crippen LogP contribution < -0.4 is 24.3 Å². The average molecular weight is 473 g/mol. The van der Waals surface area contributed by atoms with Gasteiger partial charge in [-0.3, -0.25) is 4.79 Å². The topological polar surface area (TPSA) is 89.1 Å². The Bertz CT molecular complexity index is 955. The molecule has 1 unspecified atom stereocenters. The lowest BCUT2D eigenvalue weighted by atomic mass is 10.1. The Morgan fingerprint density at radius 3 is 2.09 bits per heavy atom. The Hall–Kier alpha value is -3.05. The number of benzene rings is 2. The molecule has 7 nitrogen and oxygen atoms in total. The SMILES string of the molecule is COc1cc(OC)c(/C=C/[S+]([O-])Cc2ccc(OC)c(NC(=O)C(F)(F)F)c2)c(OC)c1. The number of hydrogen-bond acceptors (Lipinski definition) is 6. The first-order valence-electron chi connectivity index (χ1n) is 9.03. The molecule has 2 aromatic carbocycles. The summed E-state index contributed by atoms with van der Waals surface area (Å²) in [4.78, 5) is 11.3. The summed E-state index contributed by atoms with van der Waals surface area (Å²) in [6, 6.07) is 7.50. The summed E-state index contributed by atoms with van der Waals surface area (Å²) >= 11 is -1.54. The maximum atomic E-state index is 12.6. The van der Waals surface area contributed by atoms with Gasteiger partial charge in [-0.25, -0.2) is 0 Å². The Kier molecular flexibility index (Phi) is 8.67. The molecule has 11 heteroatoms. The molecule has 2 rings (SSSR count). The van der Waals surface area contributed by atoms with Gasteiger partial charge in [0.15, 0.2) is 0 Å². The van der Waals surface area contributed by atoms with Gasteiger partial charge in [-0.15, -0.1) is 0 Å². The first-order chi connectivity index (χ1) is 15.1. The third kappa shape index (κ3) is 6.47. The van der Waals surface area contributed by atoms with Crippen LogP contribution in [0.5, 0.6) is 23.0 Å². The molecule has 1 atom stereocenters. The van der Waals surface area contributed by atoms with Crippen molar-refractivity contribution in [2.24, 2.45) is 0 Å². The fourth-order valence-electron chi connectivity index (χ4n) is 2.69. The van der Waals surface area contributed by atoms with Crippen molar-refractivity contribution >= 4 is 28.8 Å². The van der Waals surface area contributed by atoms with Gasteiger partial charge in [0.2, 0.25) is 0 Å². The maximum Gasteiger partial charge on any atom is 0.471 e. The number of anilines is 1. The minimum Gasteiger partial charge on any atom is -0.612 e. The summed E-state index contributed by atoms with van der Waals surface area (Å²) in [6.07, 6.45) is -3.49. The summed E-state index contributed by atoms with van der Waals surface area (Å²) in [7, 11) is 5.70. The van der Waals surface area contributed by atoms with Gasteiger partial charge in [0.1, 0.15) is 34.2 Å². The van der Waals surface area contributed by atoms with Crippen LogP contribution in [0.3, 0.4) is 0 Å². The molecule has 0 heterocycles. The van der Waals surface area contributed by atoms with Crippen molar-refractivity contribution in [1.29, 1.82) is 0 Å². The Morgan fingerprint density at radius 1 is 1.00 bits per heavy atom. The van der Waals surface area contributed by atoms with Gasteiger partial charge in [-0.1, -0.05) is 6.07 Å². The highest BCUT2D eigenvalue weighted by molar-refractivity contribution is 7.93. The highest BCUT2D eigenvalue weighted by atomic mass is 32.2. The minimum atomic E-state index is -5.05. The molecule has 32 heavy (non-hydrogen) atoms. The standard InChI is InChI=1S/C21H22F3NO6S/c1-28-14-10-18(30-3)15(19(11-14)31-4)7-8-32(27)12-13-5-6-17(29-2)16(9-13)25-20(26)21(22,23)24/h5-11H,12H2,1-4H3,(H,25,26)/b8-7+. The molecule has 0 saturated heterocycles. The van der Waals surface area contributed by atoms with Crippen molar-refractivity contribution in [3.05, 3.63) is 46.9 Å². The van der Waals surface area contributed by atoms with Crippen molar-refractivity contribution < 1.29 is 41.5 Å². The number of methoxy groups -OCH3 is 4. The predicted molar refractivity (Wildman–Crippen MR) is 115 cm³/mol. The molecule has 0 radical (unpaired) electrons. The lowest BCUT2D eigenvalue weighted by Gasteiger charge is -2.14. The second-order valence-corrected chi connectivity index (χ2v) is 7.58. The maximum absolute atomic E-state index is 12.6. The summed E-state index contributed by atoms with van der Waals surface area (Å²) in [5.74, 6) is -0.709. The fourth-order valence-corrected chi connectivity index (χ4v) is 3.58. The van der Waals surface area contributed by atoms with Crippen molar-refractivity contribution in [1.82, 2.24) is 0 Å². The normalized spacial score (nSPS) is 12.4. The molecule has 1 N–H and O–H groups in total. The highest BCUT2D eigenvalue weighted by Crippen LogP contribution is 2.35. The summed E-state index contributed by atoms with van der Waals surface area (Å²) < 4.78 is 71.1. The monoisotopic (exact) mass is 473 g/mol. The lowest BCUT2D eigenvalue weighted by Crippen LogP contribution is -2.30. The van der Waals surface area contributed by atoms with E-state index in [1.54, 1.807) is 29.6 Å². The zero-order valence-electron chi connectivity index (χ0n) is 17.7. The number of carbonyl (C=O) groups is 1. The van der Waals surface area contributed by atoms with Gasteiger partial charge in [-0.2, -0.15) is 13.2 Å². The van der Waals surface area contributed by atoms with E-state index in [1.165, 1.54) is 46.0 Å². The third-order valence-corrected chi connectivity index (χ3v) is 5.28. The molecule has 0 bridgehead atoms. The number of hydrogen-bond donors (Lipinski definition) is 1. The van der Waals surface area contributed by atoms with E-state index in [0.29, 0.717) is 28.4 Å². The first-order valence-corrected chi connectivity index (χ1v) is 10.4. The zero-order valence-corrected chi connectivity index (χ0v) is 18.6. The van der Waals surface area contributed by atoms with Crippen LogP contribution in [0, 0.1) is 0 Å². The van der Waals surface area contributed by atoms with E-state index >= 15 is 0 Å². The molecule has 0 aliphatic heterocycles. The van der Waals surface area contributed by atoms with Gasteiger partial charge in [-0.05, 0) is 23.3 Å². The van der Waals surface area contributed by atoms with E-state index in [4.69, 9.17) is 18.9 Å². The minimum absolute atomic E-state index is 0.0177. The Morgan fingerprint density at radius 2 is 1.59 bits per heavy atom. The van der Waals surface area contributed by atoms with E-state index in [1.807, 2.05) is 0 Å². The van der Waals surface area contributed by atoms with Crippen LogP contribution in [0.4, 0.5) is 18.9 Å². The van der Waals surface area contributed by atoms with E-state index < -0.39 is 23.3 Å². The quantitative estimate of drug-likeness (QED) is 0.551. The highest BCUT2D eigenvalue weighted by Gasteiger charge is 2.39. The molecule has 0 aliphatic rings. The molecule has 2 aromatic rings. The largest absolute Gasteiger partial charge is 0.612 e. The van der Waals surface area contributed by atoms with Gasteiger partial charge >= 0.3 is 12.1 Å². The molecule has 0 aromatic heterocycles. The third-order valence-electron chi connectivity index (χ3n) is 4.22. The van der Waals surface area contributed by atoms with Crippen molar-refractivity contribution in [2.45, 2.75) is 11.9 Å². The van der Waals surface area contributed by atoms with E-state index in [0.717, 1.165) is 0 Å². The first kappa shape index (κ1) is 25.2. The van der Waals surface area contributed by atoms with E-state index in [9.17, 15) is 22.5 Å². The van der Waals surface area contributed by atoms with Crippen LogP contribution in [0.15, 0.2) is 35.7 Å². The van der Waals surface area contributed by atoms with Gasteiger partial charge < -0.3 is 28.8 Å². The second kappa shape index (κ2) is 11.0. The van der Waals surface area contributed by atoms with Crippen LogP contribution in [0.25, 0.3) is 6.08 Å². The van der Waals surface area contributed by atoms with Crippen LogP contribution in [0.1, 0.15) is 11.1 Å². The summed E-state index contributed by atoms with van der Waals surface area (Å²) in [6.45, 7) is 0. The fraction of sp³-hybridized carbons (Fsp3) is 0.286. The molecule has 0 aliphatic carbocycles. The lowest BCUT2D eigenvalue weighted by molar-refractivity contribution is -0.167. The van der Waals surface area contributed by atoms with Crippen molar-refractivity contribution in [3.8, 4) is 23.0 Å². The van der Waals surface area contributed by atoms with Crippen LogP contribution in [0.2, 0.25) is 0 Å². The van der Waals surface area contributed by atoms with Crippen LogP contribution in [-0.2, 0) is 21.7 Å². The number of carbonyl (C=O) groups excluding carboxylic acids is 1. The van der Waals surface area contributed by atoms with Gasteiger partial charge in [0.05, 0.1) is 39.7 Å². The number of halogens is 3. The average Bonchev–Trinajstić information content (AvgIpc) is 2.76. The molecule has 0 saturated carbocycles. The smallest absolute Gasteiger partial charge is 0.471 e. The molecular formula is C21H22F3NO6S. The molecule has 0 spiro atoms. The Labute approximate surface area is 186 Å². The summed E-state index contributed by atoms with van der Waals surface area (Å²) in [5.41, 5.74) is 0.795. The molecular weight excluding hydrogens is 451 g/mol. The Balaban J connectivity index is 2.23. The zero-order chi connectivity index (χ0) is 23.9. The van der Waals surface area contributed by atoms with Crippen LogP contribution >= 0.6 is 0 Å². The van der Waals surface area contributed by atoms with Crippen molar-refractivity contribution in [2.75, 3.05) is 33.8 Å². The van der Waals surface area contributed by atoms with Crippen molar-refractivity contribution in [3.63, 3.8) is 0 Å². The van der Waals surface area contributed by atoms with Crippen LogP contribution in [-0.4, -0.2) is 45.1 Å². The second-order valence-electron chi connectivity index (χ2n) is 6.26. The summed E-state index contributed by atoms with van der Waals surface area (Å²) in [5, 5.41) is 3.17. The molecule has 1 amide bonds. The van der Waals surface area contributed by atoms with Gasteiger partial charge in [0, 0.05) is 23.8 Å². The van der Waals surface area contributed by atoms with E-state index in [-0.39, 0.29) is 17.2 Å². The van der Waals surface area contributed by atoms with Gasteiger partial charge in [0.25, 0.3) is 0 Å².